The van der Waals surface area contributed by atoms with Crippen LogP contribution in [0.1, 0.15) is 28.4 Å². The number of hydrogen-bond acceptors (Lipinski definition) is 4. The van der Waals surface area contributed by atoms with Gasteiger partial charge in [-0.3, -0.25) is 4.79 Å². The predicted octanol–water partition coefficient (Wildman–Crippen LogP) is 1.71. The zero-order valence-electron chi connectivity index (χ0n) is 10.1. The molecule has 1 rings (SSSR count). The third-order valence-corrected chi connectivity index (χ3v) is 2.69. The fourth-order valence-electron chi connectivity index (χ4n) is 1.55. The van der Waals surface area contributed by atoms with Gasteiger partial charge in [-0.1, -0.05) is 12.1 Å². The summed E-state index contributed by atoms with van der Waals surface area (Å²) in [6.45, 7) is 1.71. The van der Waals surface area contributed by atoms with Crippen LogP contribution in [-0.4, -0.2) is 29.3 Å². The molecular formula is C13H15ClO4. The second-order valence-electron chi connectivity index (χ2n) is 3.72. The van der Waals surface area contributed by atoms with Gasteiger partial charge in [-0.25, -0.2) is 4.79 Å². The molecule has 1 aromatic rings. The van der Waals surface area contributed by atoms with E-state index in [1.807, 2.05) is 0 Å². The first-order valence-corrected chi connectivity index (χ1v) is 6.13. The molecule has 0 aromatic heterocycles. The highest BCUT2D eigenvalue weighted by atomic mass is 35.5. The Labute approximate surface area is 111 Å². The van der Waals surface area contributed by atoms with Crippen molar-refractivity contribution in [3.63, 3.8) is 0 Å². The number of esters is 1. The summed E-state index contributed by atoms with van der Waals surface area (Å²) in [5, 5.41) is 9.16. The van der Waals surface area contributed by atoms with E-state index in [2.05, 4.69) is 0 Å². The molecule has 4 nitrogen and oxygen atoms in total. The average molecular weight is 271 g/mol. The summed E-state index contributed by atoms with van der Waals surface area (Å²) >= 11 is 5.43. The third-order valence-electron chi connectivity index (χ3n) is 2.39. The monoisotopic (exact) mass is 270 g/mol. The van der Waals surface area contributed by atoms with Crippen molar-refractivity contribution in [3.05, 3.63) is 34.9 Å². The zero-order chi connectivity index (χ0) is 13.5. The summed E-state index contributed by atoms with van der Waals surface area (Å²) in [7, 11) is 0. The zero-order valence-corrected chi connectivity index (χ0v) is 10.9. The molecule has 0 saturated carbocycles. The summed E-state index contributed by atoms with van der Waals surface area (Å²) in [6, 6.07) is 4.87. The average Bonchev–Trinajstić information content (AvgIpc) is 2.38. The Morgan fingerprint density at radius 2 is 2.11 bits per heavy atom. The van der Waals surface area contributed by atoms with Crippen molar-refractivity contribution in [2.75, 3.05) is 12.5 Å². The highest BCUT2D eigenvalue weighted by molar-refractivity contribution is 6.27. The second kappa shape index (κ2) is 7.13. The number of hydrogen-bond donors (Lipinski definition) is 1. The van der Waals surface area contributed by atoms with Crippen LogP contribution in [-0.2, 0) is 22.6 Å². The Morgan fingerprint density at radius 3 is 2.67 bits per heavy atom. The van der Waals surface area contributed by atoms with Crippen LogP contribution in [0.3, 0.4) is 0 Å². The molecule has 0 radical (unpaired) electrons. The van der Waals surface area contributed by atoms with Gasteiger partial charge in [0.05, 0.1) is 24.7 Å². The molecule has 0 aliphatic carbocycles. The molecule has 1 aromatic carbocycles. The van der Waals surface area contributed by atoms with E-state index >= 15 is 0 Å². The summed E-state index contributed by atoms with van der Waals surface area (Å²) in [5.41, 5.74) is 1.45. The molecule has 0 spiro atoms. The summed E-state index contributed by atoms with van der Waals surface area (Å²) in [4.78, 5) is 22.9. The van der Waals surface area contributed by atoms with Crippen LogP contribution in [0.15, 0.2) is 18.2 Å². The maximum Gasteiger partial charge on any atom is 0.338 e. The van der Waals surface area contributed by atoms with Crippen LogP contribution in [0.2, 0.25) is 0 Å². The predicted molar refractivity (Wildman–Crippen MR) is 67.8 cm³/mol. The minimum absolute atomic E-state index is 0.0590. The summed E-state index contributed by atoms with van der Waals surface area (Å²) in [5.74, 6) is -0.679. The van der Waals surface area contributed by atoms with E-state index in [0.29, 0.717) is 16.7 Å². The van der Waals surface area contributed by atoms with Gasteiger partial charge in [0.25, 0.3) is 0 Å². The topological polar surface area (TPSA) is 63.6 Å². The number of ketones is 1. The molecule has 0 fully saturated rings. The molecule has 0 atom stereocenters. The maximum atomic E-state index is 11.7. The normalized spacial score (nSPS) is 10.2. The van der Waals surface area contributed by atoms with E-state index in [9.17, 15) is 9.59 Å². The van der Waals surface area contributed by atoms with Crippen LogP contribution >= 0.6 is 11.6 Å². The van der Waals surface area contributed by atoms with Gasteiger partial charge in [0, 0.05) is 6.42 Å². The maximum absolute atomic E-state index is 11.7. The summed E-state index contributed by atoms with van der Waals surface area (Å²) < 4.78 is 4.90. The van der Waals surface area contributed by atoms with Crippen molar-refractivity contribution in [2.24, 2.45) is 0 Å². The number of aliphatic hydroxyl groups excluding tert-OH is 1. The molecule has 5 heteroatoms. The van der Waals surface area contributed by atoms with Crippen LogP contribution < -0.4 is 0 Å². The van der Waals surface area contributed by atoms with E-state index in [1.165, 1.54) is 0 Å². The lowest BCUT2D eigenvalue weighted by Crippen LogP contribution is -2.10. The van der Waals surface area contributed by atoms with E-state index in [1.54, 1.807) is 25.1 Å². The minimum atomic E-state index is -0.498. The highest BCUT2D eigenvalue weighted by Crippen LogP contribution is 2.15. The fourth-order valence-corrected chi connectivity index (χ4v) is 1.64. The number of Topliss-reactive ketones (excluding diaryl/α,β-unsaturated/α-hetero) is 1. The SMILES string of the molecule is CCOC(=O)c1cc(CC(=O)CCl)ccc1CO. The first-order chi connectivity index (χ1) is 8.62. The molecule has 0 heterocycles. The van der Waals surface area contributed by atoms with E-state index < -0.39 is 5.97 Å². The molecule has 0 saturated heterocycles. The largest absolute Gasteiger partial charge is 0.462 e. The van der Waals surface area contributed by atoms with Gasteiger partial charge in [0.2, 0.25) is 0 Å². The lowest BCUT2D eigenvalue weighted by atomic mass is 10.0. The van der Waals surface area contributed by atoms with Crippen LogP contribution in [0.5, 0.6) is 0 Å². The number of carbonyl (C=O) groups excluding carboxylic acids is 2. The lowest BCUT2D eigenvalue weighted by Gasteiger charge is -2.09. The molecule has 0 bridgehead atoms. The number of ether oxygens (including phenoxy) is 1. The van der Waals surface area contributed by atoms with Crippen molar-refractivity contribution >= 4 is 23.4 Å². The first kappa shape index (κ1) is 14.7. The van der Waals surface area contributed by atoms with Gasteiger partial charge in [0.15, 0.2) is 5.78 Å². The fraction of sp³-hybridized carbons (Fsp3) is 0.385. The molecule has 0 aliphatic heterocycles. The van der Waals surface area contributed by atoms with Gasteiger partial charge in [-0.2, -0.15) is 0 Å². The van der Waals surface area contributed by atoms with E-state index in [-0.39, 0.29) is 31.3 Å². The second-order valence-corrected chi connectivity index (χ2v) is 3.99. The standard InChI is InChI=1S/C13H15ClO4/c1-2-18-13(17)12-6-9(5-11(16)7-14)3-4-10(12)8-15/h3-4,6,15H,2,5,7-8H2,1H3. The Morgan fingerprint density at radius 1 is 1.39 bits per heavy atom. The van der Waals surface area contributed by atoms with Crippen molar-refractivity contribution in [2.45, 2.75) is 20.0 Å². The molecule has 18 heavy (non-hydrogen) atoms. The number of benzene rings is 1. The van der Waals surface area contributed by atoms with Gasteiger partial charge in [-0.05, 0) is 24.1 Å². The smallest absolute Gasteiger partial charge is 0.338 e. The van der Waals surface area contributed by atoms with Crippen molar-refractivity contribution in [1.29, 1.82) is 0 Å². The van der Waals surface area contributed by atoms with Gasteiger partial charge in [0.1, 0.15) is 0 Å². The van der Waals surface area contributed by atoms with Crippen molar-refractivity contribution in [3.8, 4) is 0 Å². The van der Waals surface area contributed by atoms with Crippen LogP contribution in [0, 0.1) is 0 Å². The number of halogens is 1. The van der Waals surface area contributed by atoms with Crippen molar-refractivity contribution in [1.82, 2.24) is 0 Å². The van der Waals surface area contributed by atoms with Crippen molar-refractivity contribution < 1.29 is 19.4 Å². The molecule has 0 aliphatic rings. The van der Waals surface area contributed by atoms with Gasteiger partial charge >= 0.3 is 5.97 Å². The minimum Gasteiger partial charge on any atom is -0.462 e. The first-order valence-electron chi connectivity index (χ1n) is 5.59. The Hall–Kier alpha value is -1.39. The number of rotatable bonds is 6. The Balaban J connectivity index is 3.01. The van der Waals surface area contributed by atoms with Crippen LogP contribution in [0.4, 0.5) is 0 Å². The molecule has 0 amide bonds. The quantitative estimate of drug-likeness (QED) is 0.631. The Bertz CT molecular complexity index is 443. The van der Waals surface area contributed by atoms with E-state index in [4.69, 9.17) is 21.4 Å². The number of alkyl halides is 1. The molecule has 0 unspecified atom stereocenters. The third kappa shape index (κ3) is 3.82. The van der Waals surface area contributed by atoms with Gasteiger partial charge < -0.3 is 9.84 Å². The highest BCUT2D eigenvalue weighted by Gasteiger charge is 2.13. The lowest BCUT2D eigenvalue weighted by molar-refractivity contribution is -0.116. The Kier molecular flexibility index (Phi) is 5.82. The summed E-state index contributed by atoms with van der Waals surface area (Å²) in [6.07, 6.45) is 0.168. The van der Waals surface area contributed by atoms with Crippen LogP contribution in [0.25, 0.3) is 0 Å². The molecular weight excluding hydrogens is 256 g/mol. The number of carbonyl (C=O) groups is 2. The van der Waals surface area contributed by atoms with Gasteiger partial charge in [-0.15, -0.1) is 11.6 Å². The molecule has 1 N–H and O–H groups in total. The van der Waals surface area contributed by atoms with E-state index in [0.717, 1.165) is 0 Å². The number of aliphatic hydroxyl groups is 1. The molecule has 98 valence electrons.